The van der Waals surface area contributed by atoms with Gasteiger partial charge in [0.25, 0.3) is 0 Å². The van der Waals surface area contributed by atoms with Gasteiger partial charge in [-0.25, -0.2) is 4.98 Å². The summed E-state index contributed by atoms with van der Waals surface area (Å²) in [5.74, 6) is 1.31. The molecule has 2 aromatic rings. The number of esters is 2. The lowest BCUT2D eigenvalue weighted by Crippen LogP contribution is -2.51. The second-order valence-corrected chi connectivity index (χ2v) is 6.78. The first-order valence-electron chi connectivity index (χ1n) is 9.82. The Balaban J connectivity index is 2.38. The van der Waals surface area contributed by atoms with E-state index in [-0.39, 0.29) is 43.0 Å². The first kappa shape index (κ1) is 24.0. The number of anilines is 1. The van der Waals surface area contributed by atoms with Gasteiger partial charge in [-0.15, -0.1) is 6.42 Å². The molecule has 10 nitrogen and oxygen atoms in total. The monoisotopic (exact) mass is 435 g/mol. The van der Waals surface area contributed by atoms with Crippen molar-refractivity contribution in [3.05, 3.63) is 12.4 Å². The number of nitrogen functional groups attached to an aromatic ring is 1. The highest BCUT2D eigenvalue weighted by molar-refractivity contribution is 5.81. The SMILES string of the molecule is C#CC(COC(=O)CCCC)(OC)[C@H](Cn1cnc2c(N)nc(F)nc21)OC(=O)CC. The van der Waals surface area contributed by atoms with Gasteiger partial charge in [-0.1, -0.05) is 26.2 Å². The highest BCUT2D eigenvalue weighted by atomic mass is 19.1. The lowest BCUT2D eigenvalue weighted by Gasteiger charge is -2.34. The number of hydrogen-bond donors (Lipinski definition) is 1. The van der Waals surface area contributed by atoms with Crippen molar-refractivity contribution in [2.45, 2.75) is 57.8 Å². The fraction of sp³-hybridized carbons (Fsp3) is 0.550. The van der Waals surface area contributed by atoms with E-state index in [0.29, 0.717) is 6.42 Å². The summed E-state index contributed by atoms with van der Waals surface area (Å²) in [6.07, 6.45) is 6.71. The molecule has 2 heterocycles. The number of aromatic nitrogens is 4. The first-order chi connectivity index (χ1) is 14.8. The molecule has 2 rings (SSSR count). The highest BCUT2D eigenvalue weighted by Gasteiger charge is 2.42. The molecule has 2 atom stereocenters. The number of carbonyl (C=O) groups is 2. The van der Waals surface area contributed by atoms with Crippen LogP contribution >= 0.6 is 0 Å². The van der Waals surface area contributed by atoms with Crippen molar-refractivity contribution in [2.24, 2.45) is 0 Å². The molecule has 2 aromatic heterocycles. The number of halogens is 1. The molecular formula is C20H26FN5O5. The molecule has 0 aliphatic heterocycles. The quantitative estimate of drug-likeness (QED) is 0.318. The van der Waals surface area contributed by atoms with Crippen molar-refractivity contribution in [3.8, 4) is 12.3 Å². The zero-order valence-electron chi connectivity index (χ0n) is 17.8. The van der Waals surface area contributed by atoms with Crippen LogP contribution in [0.2, 0.25) is 0 Å². The van der Waals surface area contributed by atoms with Gasteiger partial charge in [-0.3, -0.25) is 9.59 Å². The molecule has 0 amide bonds. The van der Waals surface area contributed by atoms with Gasteiger partial charge < -0.3 is 24.5 Å². The number of hydrogen-bond acceptors (Lipinski definition) is 9. The van der Waals surface area contributed by atoms with E-state index < -0.39 is 29.7 Å². The van der Waals surface area contributed by atoms with E-state index in [1.54, 1.807) is 6.92 Å². The Labute approximate surface area is 179 Å². The van der Waals surface area contributed by atoms with Crippen LogP contribution in [0.25, 0.3) is 11.2 Å². The van der Waals surface area contributed by atoms with E-state index in [4.69, 9.17) is 26.4 Å². The fourth-order valence-corrected chi connectivity index (χ4v) is 2.83. The lowest BCUT2D eigenvalue weighted by molar-refractivity contribution is -0.174. The Kier molecular flexibility index (Phi) is 8.27. The molecule has 1 unspecified atom stereocenters. The molecule has 31 heavy (non-hydrogen) atoms. The molecule has 0 bridgehead atoms. The average Bonchev–Trinajstić information content (AvgIpc) is 3.15. The van der Waals surface area contributed by atoms with Gasteiger partial charge in [-0.05, 0) is 6.42 Å². The molecule has 0 aliphatic carbocycles. The maximum Gasteiger partial charge on any atom is 0.312 e. The molecule has 0 saturated carbocycles. The van der Waals surface area contributed by atoms with Gasteiger partial charge in [0, 0.05) is 20.0 Å². The fourth-order valence-electron chi connectivity index (χ4n) is 2.83. The molecule has 0 aliphatic rings. The summed E-state index contributed by atoms with van der Waals surface area (Å²) >= 11 is 0. The zero-order chi connectivity index (χ0) is 23.0. The van der Waals surface area contributed by atoms with Crippen LogP contribution in [0.5, 0.6) is 0 Å². The Morgan fingerprint density at radius 3 is 2.71 bits per heavy atom. The van der Waals surface area contributed by atoms with E-state index in [0.717, 1.165) is 6.42 Å². The summed E-state index contributed by atoms with van der Waals surface area (Å²) in [5.41, 5.74) is 4.36. The second-order valence-electron chi connectivity index (χ2n) is 6.78. The van der Waals surface area contributed by atoms with E-state index in [2.05, 4.69) is 20.9 Å². The summed E-state index contributed by atoms with van der Waals surface area (Å²) in [7, 11) is 1.32. The average molecular weight is 435 g/mol. The van der Waals surface area contributed by atoms with Crippen molar-refractivity contribution in [1.29, 1.82) is 0 Å². The van der Waals surface area contributed by atoms with E-state index >= 15 is 0 Å². The summed E-state index contributed by atoms with van der Waals surface area (Å²) < 4.78 is 31.4. The Morgan fingerprint density at radius 1 is 1.35 bits per heavy atom. The smallest absolute Gasteiger partial charge is 0.312 e. The van der Waals surface area contributed by atoms with Gasteiger partial charge in [0.05, 0.1) is 12.9 Å². The maximum absolute atomic E-state index is 13.7. The lowest BCUT2D eigenvalue weighted by atomic mass is 9.97. The van der Waals surface area contributed by atoms with E-state index in [1.807, 2.05) is 6.92 Å². The molecular weight excluding hydrogens is 409 g/mol. The number of nitrogens with zero attached hydrogens (tertiary/aromatic N) is 4. The third kappa shape index (κ3) is 5.67. The van der Waals surface area contributed by atoms with Crippen LogP contribution in [-0.2, 0) is 30.3 Å². The van der Waals surface area contributed by atoms with Crippen LogP contribution in [0, 0.1) is 18.4 Å². The molecule has 0 radical (unpaired) electrons. The summed E-state index contributed by atoms with van der Waals surface area (Å²) in [6, 6.07) is 0. The maximum atomic E-state index is 13.7. The number of unbranched alkanes of at least 4 members (excludes halogenated alkanes) is 1. The molecule has 0 saturated heterocycles. The molecule has 2 N–H and O–H groups in total. The normalized spacial score (nSPS) is 13.9. The number of rotatable bonds is 11. The number of methoxy groups -OCH3 is 1. The van der Waals surface area contributed by atoms with Crippen LogP contribution in [0.1, 0.15) is 39.5 Å². The molecule has 0 fully saturated rings. The number of ether oxygens (including phenoxy) is 3. The Morgan fingerprint density at radius 2 is 2.10 bits per heavy atom. The van der Waals surface area contributed by atoms with Gasteiger partial charge in [0.1, 0.15) is 12.1 Å². The minimum Gasteiger partial charge on any atom is -0.461 e. The molecule has 0 spiro atoms. The van der Waals surface area contributed by atoms with Crippen molar-refractivity contribution >= 4 is 28.9 Å². The van der Waals surface area contributed by atoms with Crippen LogP contribution in [0.15, 0.2) is 6.33 Å². The van der Waals surface area contributed by atoms with Crippen molar-refractivity contribution in [1.82, 2.24) is 19.5 Å². The van der Waals surface area contributed by atoms with Gasteiger partial charge >= 0.3 is 18.0 Å². The molecule has 11 heteroatoms. The van der Waals surface area contributed by atoms with Crippen molar-refractivity contribution in [2.75, 3.05) is 19.5 Å². The standard InChI is InChI=1S/C20H26FN5O5/c1-5-8-9-15(28)30-11-20(7-3,29-4)13(31-14(27)6-2)10-26-12-23-16-17(22)24-19(21)25-18(16)26/h3,12-13H,5-6,8-11H2,1-2,4H3,(H2,22,24,25)/t13-,20?/m0/s1. The van der Waals surface area contributed by atoms with Crippen molar-refractivity contribution in [3.63, 3.8) is 0 Å². The van der Waals surface area contributed by atoms with E-state index in [1.165, 1.54) is 18.0 Å². The third-order valence-electron chi connectivity index (χ3n) is 4.70. The summed E-state index contributed by atoms with van der Waals surface area (Å²) in [5, 5.41) is 0. The molecule has 0 aromatic carbocycles. The summed E-state index contributed by atoms with van der Waals surface area (Å²) in [6.45, 7) is 3.11. The van der Waals surface area contributed by atoms with Crippen LogP contribution < -0.4 is 5.73 Å². The first-order valence-corrected chi connectivity index (χ1v) is 9.82. The predicted octanol–water partition coefficient (Wildman–Crippen LogP) is 1.62. The minimum atomic E-state index is -1.60. The summed E-state index contributed by atoms with van der Waals surface area (Å²) in [4.78, 5) is 35.3. The van der Waals surface area contributed by atoms with Gasteiger partial charge in [0.15, 0.2) is 17.6 Å². The second kappa shape index (κ2) is 10.7. The zero-order valence-corrected chi connectivity index (χ0v) is 17.8. The largest absolute Gasteiger partial charge is 0.461 e. The Hall–Kier alpha value is -3.26. The van der Waals surface area contributed by atoms with Crippen LogP contribution in [-0.4, -0.2) is 56.9 Å². The van der Waals surface area contributed by atoms with Crippen molar-refractivity contribution < 1.29 is 28.2 Å². The van der Waals surface area contributed by atoms with Crippen LogP contribution in [0.4, 0.5) is 10.2 Å². The number of carbonyl (C=O) groups excluding carboxylic acids is 2. The topological polar surface area (TPSA) is 131 Å². The predicted molar refractivity (Wildman–Crippen MR) is 109 cm³/mol. The van der Waals surface area contributed by atoms with Gasteiger partial charge in [-0.2, -0.15) is 14.4 Å². The molecule has 168 valence electrons. The number of fused-ring (bicyclic) bond motifs is 1. The van der Waals surface area contributed by atoms with Gasteiger partial charge in [0.2, 0.25) is 5.60 Å². The minimum absolute atomic E-state index is 0.0750. The van der Waals surface area contributed by atoms with E-state index in [9.17, 15) is 14.0 Å². The van der Waals surface area contributed by atoms with Crippen LogP contribution in [0.3, 0.4) is 0 Å². The number of terminal acetylenes is 1. The Bertz CT molecular complexity index is 973. The highest BCUT2D eigenvalue weighted by Crippen LogP contribution is 2.24. The third-order valence-corrected chi connectivity index (χ3v) is 4.70. The number of imidazole rings is 1. The number of nitrogens with two attached hydrogens (primary N) is 1.